The van der Waals surface area contributed by atoms with Gasteiger partial charge in [0.2, 0.25) is 0 Å². The van der Waals surface area contributed by atoms with Crippen molar-refractivity contribution in [3.05, 3.63) is 23.9 Å². The summed E-state index contributed by atoms with van der Waals surface area (Å²) in [6, 6.07) is 3.59. The summed E-state index contributed by atoms with van der Waals surface area (Å²) in [5.41, 5.74) is -0.739. The summed E-state index contributed by atoms with van der Waals surface area (Å²) in [6.45, 7) is 2.00. The van der Waals surface area contributed by atoms with Gasteiger partial charge in [0.25, 0.3) is 5.91 Å². The molecule has 2 N–H and O–H groups in total. The first kappa shape index (κ1) is 17.1. The van der Waals surface area contributed by atoms with E-state index in [1.165, 1.54) is 25.7 Å². The zero-order valence-electron chi connectivity index (χ0n) is 13.7. The third-order valence-corrected chi connectivity index (χ3v) is 5.91. The largest absolute Gasteiger partial charge is 0.479 e. The number of aliphatic carboxylic acids is 1. The van der Waals surface area contributed by atoms with Gasteiger partial charge < -0.3 is 15.3 Å². The molecular weight excluding hydrogens is 326 g/mol. The second-order valence-corrected chi connectivity index (χ2v) is 7.56. The molecule has 2 fully saturated rings. The van der Waals surface area contributed by atoms with Gasteiger partial charge in [0.05, 0.1) is 5.56 Å². The van der Waals surface area contributed by atoms with Crippen LogP contribution < -0.4 is 10.2 Å². The number of hydrogen-bond acceptors (Lipinski definition) is 5. The lowest BCUT2D eigenvalue weighted by Crippen LogP contribution is -2.54. The van der Waals surface area contributed by atoms with Gasteiger partial charge in [0.15, 0.2) is 0 Å². The van der Waals surface area contributed by atoms with E-state index in [0.717, 1.165) is 24.7 Å². The first-order valence-electron chi connectivity index (χ1n) is 8.45. The van der Waals surface area contributed by atoms with Crippen LogP contribution >= 0.6 is 11.8 Å². The molecule has 0 saturated carbocycles. The van der Waals surface area contributed by atoms with Crippen molar-refractivity contribution in [3.8, 4) is 0 Å². The zero-order chi connectivity index (χ0) is 17.0. The molecule has 1 aromatic rings. The van der Waals surface area contributed by atoms with Crippen LogP contribution in [0.4, 0.5) is 5.82 Å². The van der Waals surface area contributed by atoms with Gasteiger partial charge in [-0.1, -0.05) is 12.8 Å². The van der Waals surface area contributed by atoms with Crippen LogP contribution in [0.2, 0.25) is 0 Å². The minimum Gasteiger partial charge on any atom is -0.479 e. The predicted molar refractivity (Wildman–Crippen MR) is 94.7 cm³/mol. The Labute approximate surface area is 146 Å². The van der Waals surface area contributed by atoms with Crippen molar-refractivity contribution < 1.29 is 14.7 Å². The maximum absolute atomic E-state index is 12.4. The fraction of sp³-hybridized carbons (Fsp3) is 0.588. The molecule has 1 amide bonds. The number of carboxylic acids is 1. The summed E-state index contributed by atoms with van der Waals surface area (Å²) in [6.07, 6.45) is 6.86. The third-order valence-electron chi connectivity index (χ3n) is 4.72. The highest BCUT2D eigenvalue weighted by molar-refractivity contribution is 7.99. The molecule has 2 aliphatic heterocycles. The normalized spacial score (nSPS) is 24.4. The van der Waals surface area contributed by atoms with Crippen molar-refractivity contribution in [3.63, 3.8) is 0 Å². The lowest BCUT2D eigenvalue weighted by Gasteiger charge is -2.25. The van der Waals surface area contributed by atoms with Crippen LogP contribution in [0.3, 0.4) is 0 Å². The van der Waals surface area contributed by atoms with Crippen molar-refractivity contribution in [2.24, 2.45) is 0 Å². The van der Waals surface area contributed by atoms with Crippen LogP contribution in [0.15, 0.2) is 18.3 Å². The van der Waals surface area contributed by atoms with Crippen molar-refractivity contribution in [1.29, 1.82) is 0 Å². The average Bonchev–Trinajstić information content (AvgIpc) is 2.90. The highest BCUT2D eigenvalue weighted by Crippen LogP contribution is 2.28. The average molecular weight is 349 g/mol. The Morgan fingerprint density at radius 1 is 1.21 bits per heavy atom. The highest BCUT2D eigenvalue weighted by atomic mass is 32.2. The van der Waals surface area contributed by atoms with Gasteiger partial charge in [-0.15, -0.1) is 0 Å². The molecule has 7 heteroatoms. The Morgan fingerprint density at radius 2 is 1.96 bits per heavy atom. The molecule has 1 atom stereocenters. The lowest BCUT2D eigenvalue weighted by molar-refractivity contribution is -0.143. The maximum Gasteiger partial charge on any atom is 0.330 e. The topological polar surface area (TPSA) is 82.5 Å². The summed E-state index contributed by atoms with van der Waals surface area (Å²) >= 11 is 1.55. The number of nitrogens with zero attached hydrogens (tertiary/aromatic N) is 2. The van der Waals surface area contributed by atoms with Crippen molar-refractivity contribution >= 4 is 29.5 Å². The van der Waals surface area contributed by atoms with E-state index in [0.29, 0.717) is 17.7 Å². The number of thioether (sulfide) groups is 1. The first-order valence-corrected chi connectivity index (χ1v) is 9.61. The van der Waals surface area contributed by atoms with Crippen LogP contribution in [-0.4, -0.2) is 52.1 Å². The minimum atomic E-state index is -1.15. The van der Waals surface area contributed by atoms with Gasteiger partial charge in [-0.25, -0.2) is 9.78 Å². The number of anilines is 1. The van der Waals surface area contributed by atoms with E-state index in [1.54, 1.807) is 24.0 Å². The summed E-state index contributed by atoms with van der Waals surface area (Å²) in [5, 5.41) is 12.2. The molecule has 0 aromatic carbocycles. The Morgan fingerprint density at radius 3 is 2.50 bits per heavy atom. The van der Waals surface area contributed by atoms with Gasteiger partial charge >= 0.3 is 5.97 Å². The van der Waals surface area contributed by atoms with E-state index in [9.17, 15) is 14.7 Å². The quantitative estimate of drug-likeness (QED) is 0.867. The number of rotatable bonds is 4. The monoisotopic (exact) mass is 349 g/mol. The van der Waals surface area contributed by atoms with Gasteiger partial charge in [0, 0.05) is 25.0 Å². The van der Waals surface area contributed by atoms with E-state index in [2.05, 4.69) is 15.2 Å². The number of aromatic nitrogens is 1. The Kier molecular flexibility index (Phi) is 5.28. The van der Waals surface area contributed by atoms with Crippen LogP contribution in [0.25, 0.3) is 0 Å². The van der Waals surface area contributed by atoms with E-state index in [1.807, 2.05) is 6.07 Å². The molecule has 0 bridgehead atoms. The van der Waals surface area contributed by atoms with Crippen molar-refractivity contribution in [2.45, 2.75) is 37.6 Å². The number of hydrogen-bond donors (Lipinski definition) is 2. The van der Waals surface area contributed by atoms with Gasteiger partial charge in [0.1, 0.15) is 11.4 Å². The summed E-state index contributed by atoms with van der Waals surface area (Å²) in [5.74, 6) is 0.717. The molecule has 2 saturated heterocycles. The smallest absolute Gasteiger partial charge is 0.330 e. The molecule has 3 heterocycles. The summed E-state index contributed by atoms with van der Waals surface area (Å²) < 4.78 is 0. The maximum atomic E-state index is 12.4. The predicted octanol–water partition coefficient (Wildman–Crippen LogP) is 2.15. The van der Waals surface area contributed by atoms with Gasteiger partial charge in [-0.3, -0.25) is 4.79 Å². The Hall–Kier alpha value is -1.76. The fourth-order valence-corrected chi connectivity index (χ4v) is 4.51. The second-order valence-electron chi connectivity index (χ2n) is 6.45. The number of amides is 1. The number of carboxylic acid groups (broad SMARTS) is 1. The lowest BCUT2D eigenvalue weighted by atomic mass is 9.98. The molecule has 1 aromatic heterocycles. The highest BCUT2D eigenvalue weighted by Gasteiger charge is 2.43. The van der Waals surface area contributed by atoms with E-state index < -0.39 is 11.5 Å². The van der Waals surface area contributed by atoms with Gasteiger partial charge in [-0.05, 0) is 37.1 Å². The number of carbonyl (C=O) groups is 2. The number of nitrogens with one attached hydrogen (secondary N) is 1. The second kappa shape index (κ2) is 7.42. The zero-order valence-corrected chi connectivity index (χ0v) is 14.5. The minimum absolute atomic E-state index is 0.366. The molecule has 130 valence electrons. The fourth-order valence-electron chi connectivity index (χ4n) is 3.18. The molecule has 1 unspecified atom stereocenters. The molecule has 0 radical (unpaired) electrons. The number of carbonyl (C=O) groups excluding carboxylic acids is 1. The molecular formula is C17H23N3O3S. The third kappa shape index (κ3) is 3.66. The standard InChI is InChI=1S/C17H23N3O3S/c21-15(19-17(16(22)23)7-10-24-12-17)13-5-6-14(18-11-13)20-8-3-1-2-4-9-20/h5-6,11H,1-4,7-10,12H2,(H,19,21)(H,22,23). The molecule has 24 heavy (non-hydrogen) atoms. The van der Waals surface area contributed by atoms with E-state index >= 15 is 0 Å². The van der Waals surface area contributed by atoms with Crippen LogP contribution in [-0.2, 0) is 4.79 Å². The van der Waals surface area contributed by atoms with Crippen LogP contribution in [0.5, 0.6) is 0 Å². The van der Waals surface area contributed by atoms with Crippen molar-refractivity contribution in [1.82, 2.24) is 10.3 Å². The van der Waals surface area contributed by atoms with Crippen LogP contribution in [0, 0.1) is 0 Å². The molecule has 2 aliphatic rings. The van der Waals surface area contributed by atoms with Crippen molar-refractivity contribution in [2.75, 3.05) is 29.5 Å². The van der Waals surface area contributed by atoms with E-state index in [4.69, 9.17) is 0 Å². The number of pyridine rings is 1. The van der Waals surface area contributed by atoms with Crippen LogP contribution in [0.1, 0.15) is 42.5 Å². The molecule has 0 spiro atoms. The summed E-state index contributed by atoms with van der Waals surface area (Å²) in [7, 11) is 0. The van der Waals surface area contributed by atoms with E-state index in [-0.39, 0.29) is 5.91 Å². The Balaban J connectivity index is 1.68. The first-order chi connectivity index (χ1) is 11.6. The Bertz CT molecular complexity index is 592. The molecule has 0 aliphatic carbocycles. The van der Waals surface area contributed by atoms with Gasteiger partial charge in [-0.2, -0.15) is 11.8 Å². The molecule has 6 nitrogen and oxygen atoms in total. The summed E-state index contributed by atoms with van der Waals surface area (Å²) in [4.78, 5) is 30.6. The molecule has 3 rings (SSSR count). The SMILES string of the molecule is O=C(NC1(C(=O)O)CCSC1)c1ccc(N2CCCCCC2)nc1.